The normalized spacial score (nSPS) is 12.4. The highest BCUT2D eigenvalue weighted by atomic mass is 35.5. The Labute approximate surface area is 93.1 Å². The van der Waals surface area contributed by atoms with Crippen LogP contribution in [-0.4, -0.2) is 0 Å². The van der Waals surface area contributed by atoms with Crippen molar-refractivity contribution in [3.8, 4) is 0 Å². The van der Waals surface area contributed by atoms with Crippen molar-refractivity contribution in [1.29, 1.82) is 0 Å². The van der Waals surface area contributed by atoms with E-state index >= 15 is 0 Å². The summed E-state index contributed by atoms with van der Waals surface area (Å²) >= 11 is 0. The zero-order valence-electron chi connectivity index (χ0n) is 9.16. The Kier molecular flexibility index (Phi) is 5.82. The molecular weight excluding hydrogens is 194 g/mol. The molecule has 1 aromatic rings. The summed E-state index contributed by atoms with van der Waals surface area (Å²) in [6, 6.07) is 8.83. The summed E-state index contributed by atoms with van der Waals surface area (Å²) in [6.07, 6.45) is 1.00. The van der Waals surface area contributed by atoms with Gasteiger partial charge in [-0.3, -0.25) is 0 Å². The molecule has 80 valence electrons. The first-order valence-electron chi connectivity index (χ1n) is 5.00. The number of rotatable bonds is 3. The Hall–Kier alpha value is -0.530. The van der Waals surface area contributed by atoms with Gasteiger partial charge in [0.25, 0.3) is 0 Å². The van der Waals surface area contributed by atoms with Crippen molar-refractivity contribution in [2.45, 2.75) is 39.2 Å². The SMILES string of the molecule is CC[C@@H](N)c1ccc(C(C)C)cc1.Cl. The fraction of sp³-hybridized carbons (Fsp3) is 0.500. The topological polar surface area (TPSA) is 26.0 Å². The van der Waals surface area contributed by atoms with E-state index in [1.54, 1.807) is 0 Å². The molecule has 0 aliphatic heterocycles. The van der Waals surface area contributed by atoms with E-state index in [1.807, 2.05) is 0 Å². The minimum absolute atomic E-state index is 0. The lowest BCUT2D eigenvalue weighted by Crippen LogP contribution is -2.08. The molecule has 0 aliphatic carbocycles. The molecule has 0 aliphatic rings. The number of halogens is 1. The molecule has 1 nitrogen and oxygen atoms in total. The first-order valence-corrected chi connectivity index (χ1v) is 5.00. The van der Waals surface area contributed by atoms with Crippen molar-refractivity contribution in [2.75, 3.05) is 0 Å². The standard InChI is InChI=1S/C12H19N.ClH/c1-4-12(13)11-7-5-10(6-8-11)9(2)3;/h5-9,12H,4,13H2,1-3H3;1H/t12-;/m1./s1. The van der Waals surface area contributed by atoms with Crippen LogP contribution in [0.25, 0.3) is 0 Å². The van der Waals surface area contributed by atoms with Crippen LogP contribution in [0.4, 0.5) is 0 Å². The van der Waals surface area contributed by atoms with Gasteiger partial charge in [-0.2, -0.15) is 0 Å². The van der Waals surface area contributed by atoms with Gasteiger partial charge in [0.05, 0.1) is 0 Å². The van der Waals surface area contributed by atoms with Crippen LogP contribution in [0.5, 0.6) is 0 Å². The summed E-state index contributed by atoms with van der Waals surface area (Å²) in [4.78, 5) is 0. The van der Waals surface area contributed by atoms with Crippen LogP contribution >= 0.6 is 12.4 Å². The summed E-state index contributed by atoms with van der Waals surface area (Å²) in [6.45, 7) is 6.52. The maximum Gasteiger partial charge on any atom is 0.0292 e. The van der Waals surface area contributed by atoms with Gasteiger partial charge in [-0.25, -0.2) is 0 Å². The van der Waals surface area contributed by atoms with Crippen LogP contribution in [0.3, 0.4) is 0 Å². The maximum absolute atomic E-state index is 5.92. The highest BCUT2D eigenvalue weighted by Crippen LogP contribution is 2.18. The molecule has 0 saturated heterocycles. The highest BCUT2D eigenvalue weighted by Gasteiger charge is 2.03. The molecule has 14 heavy (non-hydrogen) atoms. The van der Waals surface area contributed by atoms with E-state index < -0.39 is 0 Å². The van der Waals surface area contributed by atoms with Crippen molar-refractivity contribution in [2.24, 2.45) is 5.73 Å². The van der Waals surface area contributed by atoms with Crippen molar-refractivity contribution in [3.63, 3.8) is 0 Å². The number of hydrogen-bond donors (Lipinski definition) is 1. The van der Waals surface area contributed by atoms with Gasteiger partial charge in [-0.15, -0.1) is 12.4 Å². The van der Waals surface area contributed by atoms with E-state index in [-0.39, 0.29) is 18.4 Å². The van der Waals surface area contributed by atoms with Gasteiger partial charge in [0.15, 0.2) is 0 Å². The third-order valence-corrected chi connectivity index (χ3v) is 2.47. The molecule has 0 amide bonds. The summed E-state index contributed by atoms with van der Waals surface area (Å²) in [5.74, 6) is 0.604. The summed E-state index contributed by atoms with van der Waals surface area (Å²) in [5, 5.41) is 0. The molecular formula is C12H20ClN. The van der Waals surface area contributed by atoms with E-state index in [2.05, 4.69) is 45.0 Å². The molecule has 0 unspecified atom stereocenters. The van der Waals surface area contributed by atoms with E-state index in [0.29, 0.717) is 5.92 Å². The maximum atomic E-state index is 5.92. The molecule has 0 radical (unpaired) electrons. The summed E-state index contributed by atoms with van der Waals surface area (Å²) in [5.41, 5.74) is 8.54. The zero-order valence-corrected chi connectivity index (χ0v) is 9.97. The molecule has 1 rings (SSSR count). The average molecular weight is 214 g/mol. The Balaban J connectivity index is 0.00000169. The Morgan fingerprint density at radius 2 is 1.50 bits per heavy atom. The number of benzene rings is 1. The molecule has 0 bridgehead atoms. The van der Waals surface area contributed by atoms with Gasteiger partial charge in [-0.05, 0) is 23.5 Å². The lowest BCUT2D eigenvalue weighted by molar-refractivity contribution is 0.697. The third-order valence-electron chi connectivity index (χ3n) is 2.47. The van der Waals surface area contributed by atoms with Crippen LogP contribution in [0.15, 0.2) is 24.3 Å². The van der Waals surface area contributed by atoms with Crippen LogP contribution < -0.4 is 5.73 Å². The Bertz CT molecular complexity index is 254. The van der Waals surface area contributed by atoms with Gasteiger partial charge in [0.1, 0.15) is 0 Å². The van der Waals surface area contributed by atoms with E-state index in [0.717, 1.165) is 6.42 Å². The lowest BCUT2D eigenvalue weighted by Gasteiger charge is -2.11. The van der Waals surface area contributed by atoms with Gasteiger partial charge in [0.2, 0.25) is 0 Å². The summed E-state index contributed by atoms with van der Waals surface area (Å²) < 4.78 is 0. The molecule has 2 heteroatoms. The quantitative estimate of drug-likeness (QED) is 0.815. The average Bonchev–Trinajstić information content (AvgIpc) is 2.17. The van der Waals surface area contributed by atoms with Crippen molar-refractivity contribution in [3.05, 3.63) is 35.4 Å². The molecule has 0 aromatic heterocycles. The molecule has 0 saturated carbocycles. The van der Waals surface area contributed by atoms with Gasteiger partial charge in [0, 0.05) is 6.04 Å². The fourth-order valence-electron chi connectivity index (χ4n) is 1.36. The third kappa shape index (κ3) is 3.32. The van der Waals surface area contributed by atoms with Gasteiger partial charge < -0.3 is 5.73 Å². The molecule has 1 atom stereocenters. The van der Waals surface area contributed by atoms with E-state index in [1.165, 1.54) is 11.1 Å². The second-order valence-corrected chi connectivity index (χ2v) is 3.84. The molecule has 0 heterocycles. The van der Waals surface area contributed by atoms with Crippen LogP contribution in [0, 0.1) is 0 Å². The van der Waals surface area contributed by atoms with Crippen molar-refractivity contribution < 1.29 is 0 Å². The minimum atomic E-state index is 0. The molecule has 0 fully saturated rings. The molecule has 0 spiro atoms. The van der Waals surface area contributed by atoms with E-state index in [9.17, 15) is 0 Å². The van der Waals surface area contributed by atoms with E-state index in [4.69, 9.17) is 5.73 Å². The second kappa shape index (κ2) is 6.05. The van der Waals surface area contributed by atoms with Crippen molar-refractivity contribution >= 4 is 12.4 Å². The first-order chi connectivity index (χ1) is 6.15. The Morgan fingerprint density at radius 3 is 1.86 bits per heavy atom. The largest absolute Gasteiger partial charge is 0.324 e. The Morgan fingerprint density at radius 1 is 1.07 bits per heavy atom. The minimum Gasteiger partial charge on any atom is -0.324 e. The van der Waals surface area contributed by atoms with Gasteiger partial charge >= 0.3 is 0 Å². The van der Waals surface area contributed by atoms with Crippen LogP contribution in [-0.2, 0) is 0 Å². The fourth-order valence-corrected chi connectivity index (χ4v) is 1.36. The highest BCUT2D eigenvalue weighted by molar-refractivity contribution is 5.85. The van der Waals surface area contributed by atoms with Crippen LogP contribution in [0.2, 0.25) is 0 Å². The summed E-state index contributed by atoms with van der Waals surface area (Å²) in [7, 11) is 0. The predicted octanol–water partition coefficient (Wildman–Crippen LogP) is 3.64. The zero-order chi connectivity index (χ0) is 9.84. The number of hydrogen-bond acceptors (Lipinski definition) is 1. The van der Waals surface area contributed by atoms with Gasteiger partial charge in [-0.1, -0.05) is 45.0 Å². The number of nitrogens with two attached hydrogens (primary N) is 1. The van der Waals surface area contributed by atoms with Crippen LogP contribution in [0.1, 0.15) is 50.3 Å². The molecule has 1 aromatic carbocycles. The smallest absolute Gasteiger partial charge is 0.0292 e. The van der Waals surface area contributed by atoms with Crippen molar-refractivity contribution in [1.82, 2.24) is 0 Å². The molecule has 2 N–H and O–H groups in total. The first kappa shape index (κ1) is 13.5. The monoisotopic (exact) mass is 213 g/mol. The lowest BCUT2D eigenvalue weighted by atomic mass is 9.98. The predicted molar refractivity (Wildman–Crippen MR) is 65.0 cm³/mol. The second-order valence-electron chi connectivity index (χ2n) is 3.84.